The van der Waals surface area contributed by atoms with E-state index in [1.165, 1.54) is 16.5 Å². The predicted molar refractivity (Wildman–Crippen MR) is 204 cm³/mol. The van der Waals surface area contributed by atoms with Crippen LogP contribution in [-0.4, -0.2) is 29.9 Å². The molecule has 6 nitrogen and oxygen atoms in total. The van der Waals surface area contributed by atoms with Crippen molar-refractivity contribution in [2.75, 3.05) is 0 Å². The van der Waals surface area contributed by atoms with Gasteiger partial charge >= 0.3 is 5.49 Å². The van der Waals surface area contributed by atoms with Crippen LogP contribution in [-0.2, 0) is 0 Å². The van der Waals surface area contributed by atoms with Crippen molar-refractivity contribution in [1.82, 2.24) is 28.3 Å². The molecule has 0 radical (unpaired) electrons. The number of aromatic nitrogens is 5. The van der Waals surface area contributed by atoms with Crippen LogP contribution < -0.4 is 15.4 Å². The van der Waals surface area contributed by atoms with Crippen LogP contribution in [0, 0.1) is 0 Å². The Kier molecular flexibility index (Phi) is 5.53. The van der Waals surface area contributed by atoms with E-state index >= 15 is 0 Å². The second-order valence-corrected chi connectivity index (χ2v) is 12.8. The first-order valence-corrected chi connectivity index (χ1v) is 16.8. The minimum Gasteiger partial charge on any atom is -0.309 e. The molecule has 1 aliphatic rings. The maximum absolute atomic E-state index is 4.89. The zero-order valence-electron chi connectivity index (χ0n) is 26.8. The first-order chi connectivity index (χ1) is 24.8. The van der Waals surface area contributed by atoms with Gasteiger partial charge in [0, 0.05) is 58.0 Å². The summed E-state index contributed by atoms with van der Waals surface area (Å²) >= 11 is 0. The lowest BCUT2D eigenvalue weighted by Gasteiger charge is -2.10. The Balaban J connectivity index is 1.11. The van der Waals surface area contributed by atoms with Crippen LogP contribution >= 0.6 is 0 Å². The van der Waals surface area contributed by atoms with Gasteiger partial charge < -0.3 is 9.13 Å². The van der Waals surface area contributed by atoms with Gasteiger partial charge in [0.1, 0.15) is 11.2 Å². The van der Waals surface area contributed by atoms with Crippen molar-refractivity contribution in [3.63, 3.8) is 0 Å². The van der Waals surface area contributed by atoms with Crippen molar-refractivity contribution in [1.29, 1.82) is 0 Å². The summed E-state index contributed by atoms with van der Waals surface area (Å²) in [7, 11) is 0. The maximum Gasteiger partial charge on any atom is 0.388 e. The molecule has 1 aliphatic heterocycles. The molecule has 11 rings (SSSR count). The normalized spacial score (nSPS) is 12.3. The van der Waals surface area contributed by atoms with Gasteiger partial charge in [-0.1, -0.05) is 60.7 Å². The zero-order valence-corrected chi connectivity index (χ0v) is 26.8. The summed E-state index contributed by atoms with van der Waals surface area (Å²) in [5.41, 5.74) is 13.1. The van der Waals surface area contributed by atoms with Crippen molar-refractivity contribution in [3.8, 4) is 28.2 Å². The lowest BCUT2D eigenvalue weighted by Crippen LogP contribution is -2.28. The van der Waals surface area contributed by atoms with E-state index in [4.69, 9.17) is 9.65 Å². The summed E-state index contributed by atoms with van der Waals surface area (Å²) in [4.78, 5) is 9.30. The van der Waals surface area contributed by atoms with Crippen molar-refractivity contribution in [2.24, 2.45) is 0 Å². The molecule has 0 unspecified atom stereocenters. The Bertz CT molecular complexity index is 3140. The highest BCUT2D eigenvalue weighted by Gasteiger charge is 2.23. The van der Waals surface area contributed by atoms with Crippen LogP contribution in [0.4, 0.5) is 0 Å². The largest absolute Gasteiger partial charge is 0.388 e. The monoisotopic (exact) mass is 639 g/mol. The molecule has 6 heteroatoms. The molecule has 5 aromatic heterocycles. The minimum absolute atomic E-state index is 0.942. The third-order valence-corrected chi connectivity index (χ3v) is 10.1. The smallest absolute Gasteiger partial charge is 0.309 e. The highest BCUT2D eigenvalue weighted by Crippen LogP contribution is 2.35. The Labute approximate surface area is 285 Å². The highest BCUT2D eigenvalue weighted by atomic mass is 15.0. The highest BCUT2D eigenvalue weighted by molar-refractivity contribution is 6.10. The van der Waals surface area contributed by atoms with Gasteiger partial charge in [0.25, 0.3) is 0 Å². The first-order valence-electron chi connectivity index (χ1n) is 16.8. The maximum atomic E-state index is 4.89. The number of para-hydroxylation sites is 1. The molecule has 0 atom stereocenters. The van der Waals surface area contributed by atoms with E-state index < -0.39 is 0 Å². The average molecular weight is 640 g/mol. The van der Waals surface area contributed by atoms with Crippen LogP contribution in [0.15, 0.2) is 152 Å². The quantitative estimate of drug-likeness (QED) is 0.184. The molecule has 0 bridgehead atoms. The van der Waals surface area contributed by atoms with Gasteiger partial charge in [-0.15, -0.1) is 0 Å². The molecule has 0 aliphatic carbocycles. The molecule has 6 heterocycles. The molecule has 0 amide bonds. The van der Waals surface area contributed by atoms with Crippen molar-refractivity contribution in [3.05, 3.63) is 163 Å². The molecule has 50 heavy (non-hydrogen) atoms. The Morgan fingerprint density at radius 3 is 2.14 bits per heavy atom. The van der Waals surface area contributed by atoms with Gasteiger partial charge in [0.05, 0.1) is 38.5 Å². The number of rotatable bonds is 4. The summed E-state index contributed by atoms with van der Waals surface area (Å²) in [6.07, 6.45) is 9.75. The SMILES string of the molecule is C1=[N+]=c2c(c3cc(-n4c5ccccc5c5cnccc54)ccc3n2-c2cccc(-n3c4ccc(-c5ccccc5)cc4c4ncccc43)c2)=C1. The van der Waals surface area contributed by atoms with Gasteiger partial charge in [0.15, 0.2) is 6.21 Å². The summed E-state index contributed by atoms with van der Waals surface area (Å²) in [6, 6.07) is 47.5. The third kappa shape index (κ3) is 3.76. The molecule has 0 N–H and O–H groups in total. The number of benzene rings is 5. The van der Waals surface area contributed by atoms with Crippen molar-refractivity contribution < 1.29 is 0 Å². The fraction of sp³-hybridized carbons (Fsp3) is 0. The molecule has 5 aromatic carbocycles. The second kappa shape index (κ2) is 10.2. The summed E-state index contributed by atoms with van der Waals surface area (Å²) in [5.74, 6) is 0. The Morgan fingerprint density at radius 1 is 0.460 bits per heavy atom. The minimum atomic E-state index is 0.942. The second-order valence-electron chi connectivity index (χ2n) is 12.8. The number of hydrogen-bond donors (Lipinski definition) is 0. The van der Waals surface area contributed by atoms with Crippen molar-refractivity contribution >= 4 is 66.9 Å². The predicted octanol–water partition coefficient (Wildman–Crippen LogP) is 7.83. The summed E-state index contributed by atoms with van der Waals surface area (Å²) in [5, 5.41) is 5.77. The third-order valence-electron chi connectivity index (χ3n) is 10.1. The number of pyridine rings is 2. The Hall–Kier alpha value is -7.01. The topological polar surface area (TPSA) is 54.7 Å². The molecule has 0 saturated carbocycles. The van der Waals surface area contributed by atoms with Crippen LogP contribution in [0.25, 0.3) is 88.9 Å². The fourth-order valence-electron chi connectivity index (χ4n) is 7.95. The van der Waals surface area contributed by atoms with E-state index in [0.717, 1.165) is 77.0 Å². The van der Waals surface area contributed by atoms with E-state index in [1.54, 1.807) is 0 Å². The average Bonchev–Trinajstić information content (AvgIpc) is 3.94. The lowest BCUT2D eigenvalue weighted by molar-refractivity contribution is 1.01. The van der Waals surface area contributed by atoms with Gasteiger partial charge in [-0.25, -0.2) is 4.67 Å². The van der Waals surface area contributed by atoms with Crippen LogP contribution in [0.3, 0.4) is 0 Å². The summed E-state index contributed by atoms with van der Waals surface area (Å²) < 4.78 is 11.8. The van der Waals surface area contributed by atoms with Gasteiger partial charge in [-0.2, -0.15) is 4.57 Å². The van der Waals surface area contributed by atoms with Crippen molar-refractivity contribution in [2.45, 2.75) is 0 Å². The van der Waals surface area contributed by atoms with Gasteiger partial charge in [0.2, 0.25) is 0 Å². The lowest BCUT2D eigenvalue weighted by atomic mass is 10.0. The van der Waals surface area contributed by atoms with E-state index in [9.17, 15) is 0 Å². The fourth-order valence-corrected chi connectivity index (χ4v) is 7.95. The standard InChI is InChI=1S/C44H27N6/c1-2-8-28(9-3-1)29-15-17-40-36(24-29)43-42(14-7-21-46-43)49(40)30-10-6-11-31(25-30)50-39-18-16-32(26-35(39)34-19-23-47-44(34)50)48-38-13-5-4-12-33(38)37-27-45-22-20-41(37)48/h1-27H/q+1. The number of fused-ring (bicyclic) bond motifs is 9. The molecular weight excluding hydrogens is 613 g/mol. The molecule has 10 aromatic rings. The molecule has 232 valence electrons. The molecule has 0 saturated heterocycles. The Morgan fingerprint density at radius 2 is 1.20 bits per heavy atom. The van der Waals surface area contributed by atoms with Gasteiger partial charge in [-0.05, 0) is 77.9 Å². The van der Waals surface area contributed by atoms with Crippen LogP contribution in [0.1, 0.15) is 0 Å². The molecule has 0 fully saturated rings. The van der Waals surface area contributed by atoms with Gasteiger partial charge in [-0.3, -0.25) is 9.97 Å². The zero-order chi connectivity index (χ0) is 32.8. The number of hydrogen-bond acceptors (Lipinski definition) is 2. The van der Waals surface area contributed by atoms with Crippen LogP contribution in [0.5, 0.6) is 0 Å². The van der Waals surface area contributed by atoms with E-state index in [1.807, 2.05) is 30.9 Å². The van der Waals surface area contributed by atoms with E-state index in [0.29, 0.717) is 0 Å². The van der Waals surface area contributed by atoms with E-state index in [2.05, 4.69) is 152 Å². The summed E-state index contributed by atoms with van der Waals surface area (Å²) in [6.45, 7) is 0. The van der Waals surface area contributed by atoms with Crippen LogP contribution in [0.2, 0.25) is 0 Å². The van der Waals surface area contributed by atoms with E-state index in [-0.39, 0.29) is 0 Å². The first kappa shape index (κ1) is 27.0. The molecular formula is C44H27N6+. The molecule has 0 spiro atoms. The number of nitrogens with zero attached hydrogens (tertiary/aromatic N) is 6.